The number of hydrogen-bond acceptors (Lipinski definition) is 2. The normalized spacial score (nSPS) is 10.5. The first-order chi connectivity index (χ1) is 11.3. The number of hydrogen-bond donors (Lipinski definition) is 1. The molecule has 0 atom stereocenters. The van der Waals surface area contributed by atoms with Gasteiger partial charge in [-0.05, 0) is 29.0 Å². The van der Waals surface area contributed by atoms with Crippen molar-refractivity contribution in [3.8, 4) is 5.75 Å². The van der Waals surface area contributed by atoms with E-state index in [1.807, 2.05) is 36.4 Å². The highest BCUT2D eigenvalue weighted by Crippen LogP contribution is 2.18. The van der Waals surface area contributed by atoms with Gasteiger partial charge in [-0.2, -0.15) is 0 Å². The van der Waals surface area contributed by atoms with Gasteiger partial charge >= 0.3 is 0 Å². The molecule has 0 aliphatic rings. The van der Waals surface area contributed by atoms with E-state index in [1.165, 1.54) is 6.07 Å². The number of carbonyl (C=O) groups excluding carboxylic acids is 1. The third kappa shape index (κ3) is 3.48. The summed E-state index contributed by atoms with van der Waals surface area (Å²) in [6.07, 6.45) is 0. The van der Waals surface area contributed by atoms with E-state index in [-0.39, 0.29) is 18.3 Å². The summed E-state index contributed by atoms with van der Waals surface area (Å²) in [4.78, 5) is 12.3. The third-order valence-corrected chi connectivity index (χ3v) is 3.52. The van der Waals surface area contributed by atoms with Crippen LogP contribution in [-0.2, 0) is 0 Å². The molecule has 0 aromatic heterocycles. The minimum absolute atomic E-state index is 0.168. The van der Waals surface area contributed by atoms with Gasteiger partial charge in [0.05, 0.1) is 6.54 Å². The summed E-state index contributed by atoms with van der Waals surface area (Å²) in [5, 5.41) is 4.72. The van der Waals surface area contributed by atoms with Crippen LogP contribution < -0.4 is 10.1 Å². The summed E-state index contributed by atoms with van der Waals surface area (Å²) in [6, 6.07) is 19.5. The summed E-state index contributed by atoms with van der Waals surface area (Å²) in [5.41, 5.74) is 0.619. The lowest BCUT2D eigenvalue weighted by atomic mass is 10.0. The molecule has 0 aliphatic carbocycles. The monoisotopic (exact) mass is 309 g/mol. The predicted octanol–water partition coefficient (Wildman–Crippen LogP) is 3.79. The molecule has 0 aliphatic heterocycles. The van der Waals surface area contributed by atoms with Crippen molar-refractivity contribution in [2.24, 2.45) is 0 Å². The molecule has 23 heavy (non-hydrogen) atoms. The Morgan fingerprint density at radius 1 is 0.957 bits per heavy atom. The summed E-state index contributed by atoms with van der Waals surface area (Å²) in [5.74, 6) is -0.390. The lowest BCUT2D eigenvalue weighted by Gasteiger charge is -2.10. The third-order valence-electron chi connectivity index (χ3n) is 3.52. The SMILES string of the molecule is O=C(NCCOc1ccccc1F)c1cccc2ccccc12. The molecule has 0 saturated heterocycles. The largest absolute Gasteiger partial charge is 0.489 e. The Hall–Kier alpha value is -2.88. The van der Waals surface area contributed by atoms with Gasteiger partial charge in [0.1, 0.15) is 6.61 Å². The zero-order valence-electron chi connectivity index (χ0n) is 12.5. The average molecular weight is 309 g/mol. The van der Waals surface area contributed by atoms with E-state index in [4.69, 9.17) is 4.74 Å². The molecule has 4 heteroatoms. The second-order valence-corrected chi connectivity index (χ2v) is 5.06. The molecule has 0 unspecified atom stereocenters. The number of fused-ring (bicyclic) bond motifs is 1. The number of carbonyl (C=O) groups is 1. The Balaban J connectivity index is 1.60. The number of para-hydroxylation sites is 1. The van der Waals surface area contributed by atoms with E-state index in [9.17, 15) is 9.18 Å². The van der Waals surface area contributed by atoms with Crippen LogP contribution in [-0.4, -0.2) is 19.1 Å². The fourth-order valence-corrected chi connectivity index (χ4v) is 2.41. The Morgan fingerprint density at radius 2 is 1.70 bits per heavy atom. The molecule has 3 rings (SSSR count). The lowest BCUT2D eigenvalue weighted by Crippen LogP contribution is -2.28. The van der Waals surface area contributed by atoms with Crippen molar-refractivity contribution in [1.82, 2.24) is 5.32 Å². The molecule has 1 N–H and O–H groups in total. The van der Waals surface area contributed by atoms with Crippen molar-refractivity contribution in [3.05, 3.63) is 78.1 Å². The number of amides is 1. The molecule has 1 amide bonds. The molecular weight excluding hydrogens is 293 g/mol. The van der Waals surface area contributed by atoms with Gasteiger partial charge < -0.3 is 10.1 Å². The van der Waals surface area contributed by atoms with E-state index in [0.29, 0.717) is 12.1 Å². The molecule has 116 valence electrons. The van der Waals surface area contributed by atoms with Gasteiger partial charge in [0, 0.05) is 5.56 Å². The average Bonchev–Trinajstić information content (AvgIpc) is 2.59. The van der Waals surface area contributed by atoms with Crippen LogP contribution in [0.4, 0.5) is 4.39 Å². The first-order valence-electron chi connectivity index (χ1n) is 7.39. The van der Waals surface area contributed by atoms with E-state index >= 15 is 0 Å². The fraction of sp³-hybridized carbons (Fsp3) is 0.105. The summed E-state index contributed by atoms with van der Waals surface area (Å²) in [7, 11) is 0. The molecule has 0 spiro atoms. The van der Waals surface area contributed by atoms with E-state index in [1.54, 1.807) is 24.3 Å². The number of rotatable bonds is 5. The molecular formula is C19H16FNO2. The molecule has 3 nitrogen and oxygen atoms in total. The van der Waals surface area contributed by atoms with Crippen LogP contribution in [0.25, 0.3) is 10.8 Å². The minimum atomic E-state index is -0.409. The highest BCUT2D eigenvalue weighted by atomic mass is 19.1. The lowest BCUT2D eigenvalue weighted by molar-refractivity contribution is 0.0948. The maximum absolute atomic E-state index is 13.4. The predicted molar refractivity (Wildman–Crippen MR) is 88.2 cm³/mol. The summed E-state index contributed by atoms with van der Waals surface area (Å²) < 4.78 is 18.7. The van der Waals surface area contributed by atoms with Crippen LogP contribution >= 0.6 is 0 Å². The van der Waals surface area contributed by atoms with Crippen LogP contribution in [0.3, 0.4) is 0 Å². The van der Waals surface area contributed by atoms with Crippen LogP contribution in [0.5, 0.6) is 5.75 Å². The number of halogens is 1. The second-order valence-electron chi connectivity index (χ2n) is 5.06. The molecule has 3 aromatic rings. The topological polar surface area (TPSA) is 38.3 Å². The van der Waals surface area contributed by atoms with Crippen LogP contribution in [0.1, 0.15) is 10.4 Å². The van der Waals surface area contributed by atoms with Crippen molar-refractivity contribution in [1.29, 1.82) is 0 Å². The summed E-state index contributed by atoms with van der Waals surface area (Å²) >= 11 is 0. The maximum Gasteiger partial charge on any atom is 0.252 e. The van der Waals surface area contributed by atoms with Gasteiger partial charge in [0.2, 0.25) is 0 Å². The van der Waals surface area contributed by atoms with E-state index < -0.39 is 5.82 Å². The molecule has 0 saturated carbocycles. The molecule has 0 fully saturated rings. The van der Waals surface area contributed by atoms with Crippen molar-refractivity contribution >= 4 is 16.7 Å². The number of benzene rings is 3. The first kappa shape index (κ1) is 15.0. The Bertz CT molecular complexity index is 827. The highest BCUT2D eigenvalue weighted by Gasteiger charge is 2.09. The van der Waals surface area contributed by atoms with Crippen LogP contribution in [0.2, 0.25) is 0 Å². The Labute approximate surface area is 133 Å². The number of nitrogens with one attached hydrogen (secondary N) is 1. The Kier molecular flexibility index (Phi) is 4.52. The van der Waals surface area contributed by atoms with Gasteiger partial charge in [0.25, 0.3) is 5.91 Å². The van der Waals surface area contributed by atoms with Crippen molar-refractivity contribution in [2.75, 3.05) is 13.2 Å². The van der Waals surface area contributed by atoms with Gasteiger partial charge in [-0.3, -0.25) is 4.79 Å². The first-order valence-corrected chi connectivity index (χ1v) is 7.39. The van der Waals surface area contributed by atoms with Gasteiger partial charge in [-0.15, -0.1) is 0 Å². The zero-order chi connectivity index (χ0) is 16.1. The Morgan fingerprint density at radius 3 is 2.57 bits per heavy atom. The quantitative estimate of drug-likeness (QED) is 0.728. The standard InChI is InChI=1S/C19H16FNO2/c20-17-10-3-4-11-18(17)23-13-12-21-19(22)16-9-5-7-14-6-1-2-8-15(14)16/h1-11H,12-13H2,(H,21,22). The van der Waals surface area contributed by atoms with E-state index in [0.717, 1.165) is 10.8 Å². The van der Waals surface area contributed by atoms with Gasteiger partial charge in [-0.25, -0.2) is 4.39 Å². The van der Waals surface area contributed by atoms with E-state index in [2.05, 4.69) is 5.32 Å². The molecule has 0 heterocycles. The van der Waals surface area contributed by atoms with Crippen LogP contribution in [0.15, 0.2) is 66.7 Å². The van der Waals surface area contributed by atoms with Crippen molar-refractivity contribution in [3.63, 3.8) is 0 Å². The summed E-state index contributed by atoms with van der Waals surface area (Å²) in [6.45, 7) is 0.508. The fourth-order valence-electron chi connectivity index (χ4n) is 2.41. The second kappa shape index (κ2) is 6.92. The number of ether oxygens (including phenoxy) is 1. The van der Waals surface area contributed by atoms with Crippen molar-refractivity contribution < 1.29 is 13.9 Å². The zero-order valence-corrected chi connectivity index (χ0v) is 12.5. The van der Waals surface area contributed by atoms with Crippen molar-refractivity contribution in [2.45, 2.75) is 0 Å². The van der Waals surface area contributed by atoms with Crippen LogP contribution in [0, 0.1) is 5.82 Å². The smallest absolute Gasteiger partial charge is 0.252 e. The van der Waals surface area contributed by atoms with Gasteiger partial charge in [-0.1, -0.05) is 48.5 Å². The molecule has 0 bridgehead atoms. The molecule has 0 radical (unpaired) electrons. The van der Waals surface area contributed by atoms with Gasteiger partial charge in [0.15, 0.2) is 11.6 Å². The highest BCUT2D eigenvalue weighted by molar-refractivity contribution is 6.06. The maximum atomic E-state index is 13.4. The molecule has 3 aromatic carbocycles. The minimum Gasteiger partial charge on any atom is -0.489 e.